The van der Waals surface area contributed by atoms with Crippen LogP contribution in [0.15, 0.2) is 69.5 Å². The zero-order valence-corrected chi connectivity index (χ0v) is 15.6. The molecule has 8 nitrogen and oxygen atoms in total. The van der Waals surface area contributed by atoms with Gasteiger partial charge in [-0.15, -0.1) is 5.10 Å². The number of rotatable bonds is 5. The van der Waals surface area contributed by atoms with Crippen molar-refractivity contribution < 1.29 is 9.15 Å². The number of ether oxygens (including phenoxy) is 1. The van der Waals surface area contributed by atoms with Crippen molar-refractivity contribution in [2.45, 2.75) is 16.8 Å². The molecule has 5 aromatic rings. The second kappa shape index (κ2) is 6.93. The molecule has 0 aliphatic heterocycles. The molecule has 0 unspecified atom stereocenters. The summed E-state index contributed by atoms with van der Waals surface area (Å²) in [5, 5.41) is 9.67. The van der Waals surface area contributed by atoms with Gasteiger partial charge in [-0.05, 0) is 41.6 Å². The first-order chi connectivity index (χ1) is 13.8. The van der Waals surface area contributed by atoms with Gasteiger partial charge in [-0.3, -0.25) is 0 Å². The average molecular weight is 390 g/mol. The zero-order chi connectivity index (χ0) is 18.9. The van der Waals surface area contributed by atoms with Crippen molar-refractivity contribution in [3.05, 3.63) is 60.4 Å². The monoisotopic (exact) mass is 390 g/mol. The van der Waals surface area contributed by atoms with Crippen LogP contribution >= 0.6 is 11.8 Å². The fraction of sp³-hybridized carbons (Fsp3) is 0.105. The molecule has 0 saturated carbocycles. The van der Waals surface area contributed by atoms with E-state index in [1.807, 2.05) is 48.5 Å². The Morgan fingerprint density at radius 3 is 2.75 bits per heavy atom. The molecule has 5 rings (SSSR count). The number of hydrogen-bond donors (Lipinski definition) is 0. The molecule has 0 radical (unpaired) electrons. The van der Waals surface area contributed by atoms with Crippen molar-refractivity contribution in [1.82, 2.24) is 29.9 Å². The summed E-state index contributed by atoms with van der Waals surface area (Å²) in [7, 11) is 1.65. The number of para-hydroxylation sites is 2. The SMILES string of the molecule is COc1ccc(Cn2nnc3c(Sc4nc5ccccc5o4)ncnc32)cc1. The van der Waals surface area contributed by atoms with Crippen LogP contribution in [0.2, 0.25) is 0 Å². The molecule has 28 heavy (non-hydrogen) atoms. The van der Waals surface area contributed by atoms with E-state index in [1.165, 1.54) is 18.1 Å². The Bertz CT molecular complexity index is 1230. The highest BCUT2D eigenvalue weighted by Crippen LogP contribution is 2.31. The predicted octanol–water partition coefficient (Wildman–Crippen LogP) is 3.57. The molecule has 2 aromatic carbocycles. The largest absolute Gasteiger partial charge is 0.497 e. The smallest absolute Gasteiger partial charge is 0.263 e. The molecule has 0 saturated heterocycles. The number of methoxy groups -OCH3 is 1. The van der Waals surface area contributed by atoms with Crippen LogP contribution in [-0.2, 0) is 6.54 Å². The van der Waals surface area contributed by atoms with Gasteiger partial charge >= 0.3 is 0 Å². The van der Waals surface area contributed by atoms with Crippen LogP contribution in [-0.4, -0.2) is 37.1 Å². The van der Waals surface area contributed by atoms with Gasteiger partial charge in [-0.25, -0.2) is 19.6 Å². The molecule has 0 N–H and O–H groups in total. The second-order valence-corrected chi connectivity index (χ2v) is 6.94. The van der Waals surface area contributed by atoms with Gasteiger partial charge in [0.05, 0.1) is 13.7 Å². The van der Waals surface area contributed by atoms with E-state index >= 15 is 0 Å². The number of benzene rings is 2. The van der Waals surface area contributed by atoms with Gasteiger partial charge < -0.3 is 9.15 Å². The first-order valence-electron chi connectivity index (χ1n) is 8.51. The minimum atomic E-state index is 0.505. The fourth-order valence-electron chi connectivity index (χ4n) is 2.83. The standard InChI is InChI=1S/C19H14N6O2S/c1-26-13-8-6-12(7-9-13)10-25-17-16(23-24-25)18(21-11-20-17)28-19-22-14-4-2-3-5-15(14)27-19/h2-9,11H,10H2,1H3. The van der Waals surface area contributed by atoms with E-state index in [9.17, 15) is 0 Å². The van der Waals surface area contributed by atoms with E-state index in [0.29, 0.717) is 28.0 Å². The van der Waals surface area contributed by atoms with Gasteiger partial charge in [0.1, 0.15) is 22.6 Å². The summed E-state index contributed by atoms with van der Waals surface area (Å²) in [6.07, 6.45) is 1.50. The van der Waals surface area contributed by atoms with Gasteiger partial charge in [0, 0.05) is 0 Å². The van der Waals surface area contributed by atoms with E-state index in [4.69, 9.17) is 9.15 Å². The Morgan fingerprint density at radius 1 is 1.07 bits per heavy atom. The lowest BCUT2D eigenvalue weighted by molar-refractivity contribution is 0.414. The number of aromatic nitrogens is 6. The van der Waals surface area contributed by atoms with Gasteiger partial charge in [-0.2, -0.15) is 0 Å². The normalized spacial score (nSPS) is 11.3. The molecule has 0 bridgehead atoms. The highest BCUT2D eigenvalue weighted by Gasteiger charge is 2.16. The topological polar surface area (TPSA) is 91.8 Å². The third-order valence-electron chi connectivity index (χ3n) is 4.22. The Balaban J connectivity index is 1.46. The maximum Gasteiger partial charge on any atom is 0.263 e. The first kappa shape index (κ1) is 16.7. The first-order valence-corrected chi connectivity index (χ1v) is 9.32. The minimum absolute atomic E-state index is 0.505. The lowest BCUT2D eigenvalue weighted by atomic mass is 10.2. The molecule has 0 aliphatic rings. The van der Waals surface area contributed by atoms with Gasteiger partial charge in [-0.1, -0.05) is 29.5 Å². The van der Waals surface area contributed by atoms with Crippen LogP contribution in [0.1, 0.15) is 5.56 Å². The summed E-state index contributed by atoms with van der Waals surface area (Å²) in [5.74, 6) is 0.812. The number of hydrogen-bond acceptors (Lipinski definition) is 8. The quantitative estimate of drug-likeness (QED) is 0.421. The molecule has 0 aliphatic carbocycles. The van der Waals surface area contributed by atoms with Crippen LogP contribution in [0.3, 0.4) is 0 Å². The highest BCUT2D eigenvalue weighted by atomic mass is 32.2. The second-order valence-electron chi connectivity index (χ2n) is 6.00. The molecule has 0 fully saturated rings. The van der Waals surface area contributed by atoms with E-state index in [1.54, 1.807) is 11.8 Å². The molecule has 3 heterocycles. The van der Waals surface area contributed by atoms with Crippen molar-refractivity contribution in [3.63, 3.8) is 0 Å². The molecule has 138 valence electrons. The fourth-order valence-corrected chi connectivity index (χ4v) is 3.60. The molecule has 0 atom stereocenters. The summed E-state index contributed by atoms with van der Waals surface area (Å²) < 4.78 is 12.7. The predicted molar refractivity (Wildman–Crippen MR) is 103 cm³/mol. The van der Waals surface area contributed by atoms with E-state index < -0.39 is 0 Å². The van der Waals surface area contributed by atoms with Crippen LogP contribution in [0, 0.1) is 0 Å². The van der Waals surface area contributed by atoms with Crippen molar-refractivity contribution >= 4 is 34.0 Å². The molecular weight excluding hydrogens is 376 g/mol. The number of nitrogens with zero attached hydrogens (tertiary/aromatic N) is 6. The lowest BCUT2D eigenvalue weighted by Gasteiger charge is -2.04. The van der Waals surface area contributed by atoms with Crippen LogP contribution < -0.4 is 4.74 Å². The summed E-state index contributed by atoms with van der Waals surface area (Å²) in [6.45, 7) is 0.546. The molecule has 3 aromatic heterocycles. The Kier molecular flexibility index (Phi) is 4.13. The third-order valence-corrected chi connectivity index (χ3v) is 5.06. The van der Waals surface area contributed by atoms with Crippen molar-refractivity contribution in [1.29, 1.82) is 0 Å². The van der Waals surface area contributed by atoms with Crippen LogP contribution in [0.4, 0.5) is 0 Å². The minimum Gasteiger partial charge on any atom is -0.497 e. The van der Waals surface area contributed by atoms with Crippen molar-refractivity contribution in [2.24, 2.45) is 0 Å². The molecule has 0 amide bonds. The number of fused-ring (bicyclic) bond motifs is 2. The molecule has 0 spiro atoms. The summed E-state index contributed by atoms with van der Waals surface area (Å²) >= 11 is 1.31. The lowest BCUT2D eigenvalue weighted by Crippen LogP contribution is -2.03. The van der Waals surface area contributed by atoms with Gasteiger partial charge in [0.2, 0.25) is 0 Å². The van der Waals surface area contributed by atoms with E-state index in [2.05, 4.69) is 25.3 Å². The maximum absolute atomic E-state index is 5.77. The van der Waals surface area contributed by atoms with Crippen LogP contribution in [0.5, 0.6) is 5.75 Å². The maximum atomic E-state index is 5.77. The zero-order valence-electron chi connectivity index (χ0n) is 14.8. The Labute approximate surface area is 163 Å². The summed E-state index contributed by atoms with van der Waals surface area (Å²) in [4.78, 5) is 13.2. The van der Waals surface area contributed by atoms with Crippen molar-refractivity contribution in [3.8, 4) is 5.75 Å². The van der Waals surface area contributed by atoms with E-state index in [-0.39, 0.29) is 0 Å². The van der Waals surface area contributed by atoms with Gasteiger partial charge in [0.25, 0.3) is 5.22 Å². The third kappa shape index (κ3) is 3.05. The van der Waals surface area contributed by atoms with Gasteiger partial charge in [0.15, 0.2) is 16.7 Å². The number of oxazole rings is 1. The molecular formula is C19H14N6O2S. The Hall–Kier alpha value is -3.46. The molecule has 9 heteroatoms. The van der Waals surface area contributed by atoms with Crippen LogP contribution in [0.25, 0.3) is 22.3 Å². The van der Waals surface area contributed by atoms with E-state index in [0.717, 1.165) is 22.4 Å². The summed E-state index contributed by atoms with van der Waals surface area (Å²) in [5.41, 5.74) is 3.88. The van der Waals surface area contributed by atoms with Crippen molar-refractivity contribution in [2.75, 3.05) is 7.11 Å². The average Bonchev–Trinajstić information content (AvgIpc) is 3.33. The Morgan fingerprint density at radius 2 is 1.93 bits per heavy atom. The summed E-state index contributed by atoms with van der Waals surface area (Å²) in [6, 6.07) is 15.4. The highest BCUT2D eigenvalue weighted by molar-refractivity contribution is 7.99.